The Bertz CT molecular complexity index is 466. The average Bonchev–Trinajstić information content (AvgIpc) is 2.83. The second-order valence-electron chi connectivity index (χ2n) is 4.74. The van der Waals surface area contributed by atoms with Gasteiger partial charge in [-0.3, -0.25) is 14.3 Å². The predicted molar refractivity (Wildman–Crippen MR) is 75.6 cm³/mol. The summed E-state index contributed by atoms with van der Waals surface area (Å²) >= 11 is 0. The summed E-state index contributed by atoms with van der Waals surface area (Å²) in [6.45, 7) is 9.01. The Kier molecular flexibility index (Phi) is 6.21. The number of esters is 1. The number of ether oxygens (including phenoxy) is 1. The zero-order chi connectivity index (χ0) is 15.1. The first kappa shape index (κ1) is 16.2. The zero-order valence-corrected chi connectivity index (χ0v) is 12.6. The highest BCUT2D eigenvalue weighted by Crippen LogP contribution is 2.14. The molecule has 0 saturated heterocycles. The van der Waals surface area contributed by atoms with Crippen LogP contribution in [0.2, 0.25) is 0 Å². The number of hydrogen-bond donors (Lipinski definition) is 1. The lowest BCUT2D eigenvalue weighted by molar-refractivity contribution is -0.142. The van der Waals surface area contributed by atoms with E-state index in [2.05, 4.69) is 10.4 Å². The van der Waals surface area contributed by atoms with Gasteiger partial charge >= 0.3 is 5.97 Å². The normalized spacial score (nSPS) is 10.7. The quantitative estimate of drug-likeness (QED) is 0.772. The third-order valence-electron chi connectivity index (χ3n) is 2.84. The summed E-state index contributed by atoms with van der Waals surface area (Å²) in [5, 5.41) is 7.10. The number of carbonyl (C=O) groups excluding carboxylic acids is 2. The molecule has 1 rings (SSSR count). The molecule has 1 heterocycles. The number of nitrogens with zero attached hydrogens (tertiary/aromatic N) is 2. The molecular weight excluding hydrogens is 258 g/mol. The highest BCUT2D eigenvalue weighted by atomic mass is 16.5. The lowest BCUT2D eigenvalue weighted by Crippen LogP contribution is -2.28. The van der Waals surface area contributed by atoms with Crippen LogP contribution in [0.1, 0.15) is 56.2 Å². The summed E-state index contributed by atoms with van der Waals surface area (Å²) in [7, 11) is 0. The number of hydrogen-bond acceptors (Lipinski definition) is 4. The van der Waals surface area contributed by atoms with Crippen molar-refractivity contribution in [3.8, 4) is 0 Å². The fourth-order valence-electron chi connectivity index (χ4n) is 1.74. The number of aromatic nitrogens is 2. The van der Waals surface area contributed by atoms with Crippen molar-refractivity contribution < 1.29 is 14.3 Å². The molecule has 0 unspecified atom stereocenters. The summed E-state index contributed by atoms with van der Waals surface area (Å²) in [4.78, 5) is 23.3. The van der Waals surface area contributed by atoms with Gasteiger partial charge in [0.15, 0.2) is 0 Å². The minimum Gasteiger partial charge on any atom is -0.466 e. The molecule has 1 amide bonds. The number of nitrogens with one attached hydrogen (secondary N) is 1. The maximum Gasteiger partial charge on any atom is 0.307 e. The minimum atomic E-state index is -0.306. The van der Waals surface area contributed by atoms with Gasteiger partial charge in [0.05, 0.1) is 18.7 Å². The molecule has 112 valence electrons. The molecule has 0 aliphatic carbocycles. The fraction of sp³-hybridized carbons (Fsp3) is 0.643. The van der Waals surface area contributed by atoms with E-state index in [4.69, 9.17) is 4.74 Å². The molecule has 1 aromatic heterocycles. The monoisotopic (exact) mass is 281 g/mol. The van der Waals surface area contributed by atoms with Gasteiger partial charge in [-0.1, -0.05) is 13.8 Å². The molecular formula is C14H23N3O3. The summed E-state index contributed by atoms with van der Waals surface area (Å²) in [5.74, 6) is -0.246. The summed E-state index contributed by atoms with van der Waals surface area (Å²) < 4.78 is 6.48. The van der Waals surface area contributed by atoms with Gasteiger partial charge in [0.1, 0.15) is 5.69 Å². The Hall–Kier alpha value is -1.85. The Balaban J connectivity index is 2.61. The largest absolute Gasteiger partial charge is 0.466 e. The summed E-state index contributed by atoms with van der Waals surface area (Å²) in [6.07, 6.45) is 0.177. The molecule has 0 atom stereocenters. The van der Waals surface area contributed by atoms with E-state index in [0.29, 0.717) is 18.8 Å². The van der Waals surface area contributed by atoms with Crippen LogP contribution >= 0.6 is 0 Å². The smallest absolute Gasteiger partial charge is 0.307 e. The molecule has 6 nitrogen and oxygen atoms in total. The third kappa shape index (κ3) is 4.36. The first-order valence-electron chi connectivity index (χ1n) is 7.01. The number of amides is 1. The molecule has 0 fully saturated rings. The van der Waals surface area contributed by atoms with E-state index in [9.17, 15) is 9.59 Å². The van der Waals surface area contributed by atoms with Crippen LogP contribution < -0.4 is 5.32 Å². The standard InChI is InChI=1S/C14H23N3O3/c1-5-17-12(9-11(16-17)10(3)4)14(19)15-8-7-13(18)20-6-2/h9-10H,5-8H2,1-4H3,(H,15,19). The first-order chi connectivity index (χ1) is 9.49. The van der Waals surface area contributed by atoms with Crippen molar-refractivity contribution in [2.24, 2.45) is 0 Å². The highest BCUT2D eigenvalue weighted by molar-refractivity contribution is 5.92. The number of carbonyl (C=O) groups is 2. The number of rotatable bonds is 7. The molecule has 0 aromatic carbocycles. The van der Waals surface area contributed by atoms with Crippen LogP contribution in [0.3, 0.4) is 0 Å². The molecule has 0 radical (unpaired) electrons. The second kappa shape index (κ2) is 7.67. The van der Waals surface area contributed by atoms with Crippen molar-refractivity contribution in [2.75, 3.05) is 13.2 Å². The molecule has 6 heteroatoms. The topological polar surface area (TPSA) is 73.2 Å². The summed E-state index contributed by atoms with van der Waals surface area (Å²) in [6, 6.07) is 1.80. The van der Waals surface area contributed by atoms with Gasteiger partial charge in [-0.25, -0.2) is 0 Å². The molecule has 0 spiro atoms. The van der Waals surface area contributed by atoms with Crippen LogP contribution in [0.5, 0.6) is 0 Å². The molecule has 0 saturated carbocycles. The van der Waals surface area contributed by atoms with E-state index in [1.165, 1.54) is 0 Å². The van der Waals surface area contributed by atoms with Crippen molar-refractivity contribution in [3.63, 3.8) is 0 Å². The Morgan fingerprint density at radius 2 is 2.10 bits per heavy atom. The van der Waals surface area contributed by atoms with Crippen molar-refractivity contribution >= 4 is 11.9 Å². The van der Waals surface area contributed by atoms with Crippen molar-refractivity contribution in [1.29, 1.82) is 0 Å². The van der Waals surface area contributed by atoms with Crippen LogP contribution in [0.25, 0.3) is 0 Å². The molecule has 0 aliphatic heterocycles. The van der Waals surface area contributed by atoms with Gasteiger partial charge in [-0.2, -0.15) is 5.10 Å². The third-order valence-corrected chi connectivity index (χ3v) is 2.84. The van der Waals surface area contributed by atoms with Gasteiger partial charge in [0.25, 0.3) is 5.91 Å². The molecule has 1 aromatic rings. The van der Waals surface area contributed by atoms with Crippen LogP contribution in [0.4, 0.5) is 0 Å². The van der Waals surface area contributed by atoms with Gasteiger partial charge in [0, 0.05) is 13.1 Å². The average molecular weight is 281 g/mol. The van der Waals surface area contributed by atoms with Crippen LogP contribution in [0.15, 0.2) is 6.07 Å². The van der Waals surface area contributed by atoms with Gasteiger partial charge in [-0.15, -0.1) is 0 Å². The van der Waals surface area contributed by atoms with Crippen LogP contribution in [-0.4, -0.2) is 34.8 Å². The first-order valence-corrected chi connectivity index (χ1v) is 7.01. The van der Waals surface area contributed by atoms with E-state index in [1.807, 2.05) is 20.8 Å². The van der Waals surface area contributed by atoms with Crippen molar-refractivity contribution in [3.05, 3.63) is 17.5 Å². The SMILES string of the molecule is CCOC(=O)CCNC(=O)c1cc(C(C)C)nn1CC. The molecule has 1 N–H and O–H groups in total. The predicted octanol–water partition coefficient (Wildman–Crippen LogP) is 1.71. The van der Waals surface area contributed by atoms with Crippen LogP contribution in [-0.2, 0) is 16.1 Å². The Labute approximate surface area is 119 Å². The lowest BCUT2D eigenvalue weighted by Gasteiger charge is -2.06. The minimum absolute atomic E-state index is 0.177. The second-order valence-corrected chi connectivity index (χ2v) is 4.74. The summed E-state index contributed by atoms with van der Waals surface area (Å²) in [5.41, 5.74) is 1.42. The number of aryl methyl sites for hydroxylation is 1. The van der Waals surface area contributed by atoms with Crippen molar-refractivity contribution in [2.45, 2.75) is 46.6 Å². The maximum absolute atomic E-state index is 12.1. The van der Waals surface area contributed by atoms with Gasteiger partial charge in [-0.05, 0) is 25.8 Å². The van der Waals surface area contributed by atoms with E-state index in [1.54, 1.807) is 17.7 Å². The van der Waals surface area contributed by atoms with E-state index >= 15 is 0 Å². The maximum atomic E-state index is 12.1. The van der Waals surface area contributed by atoms with E-state index < -0.39 is 0 Å². The molecule has 20 heavy (non-hydrogen) atoms. The molecule has 0 bridgehead atoms. The lowest BCUT2D eigenvalue weighted by atomic mass is 10.1. The fourth-order valence-corrected chi connectivity index (χ4v) is 1.74. The van der Waals surface area contributed by atoms with Crippen LogP contribution in [0, 0.1) is 0 Å². The Morgan fingerprint density at radius 3 is 2.65 bits per heavy atom. The van der Waals surface area contributed by atoms with Crippen molar-refractivity contribution in [1.82, 2.24) is 15.1 Å². The van der Waals surface area contributed by atoms with Gasteiger partial charge in [0.2, 0.25) is 0 Å². The van der Waals surface area contributed by atoms with E-state index in [-0.39, 0.29) is 30.8 Å². The highest BCUT2D eigenvalue weighted by Gasteiger charge is 2.16. The van der Waals surface area contributed by atoms with E-state index in [0.717, 1.165) is 5.69 Å². The zero-order valence-electron chi connectivity index (χ0n) is 12.6. The van der Waals surface area contributed by atoms with Gasteiger partial charge < -0.3 is 10.1 Å². The molecule has 0 aliphatic rings. The Morgan fingerprint density at radius 1 is 1.40 bits per heavy atom.